The van der Waals surface area contributed by atoms with Gasteiger partial charge in [-0.15, -0.1) is 0 Å². The maximum Gasteiger partial charge on any atom is 0.322 e. The second kappa shape index (κ2) is 6.42. The van der Waals surface area contributed by atoms with Gasteiger partial charge in [0.2, 0.25) is 5.91 Å². The molecule has 1 atom stereocenters. The van der Waals surface area contributed by atoms with Gasteiger partial charge >= 0.3 is 5.97 Å². The number of carboxylic acid groups (broad SMARTS) is 1. The summed E-state index contributed by atoms with van der Waals surface area (Å²) < 4.78 is 0. The van der Waals surface area contributed by atoms with Crippen molar-refractivity contribution in [1.29, 1.82) is 0 Å². The van der Waals surface area contributed by atoms with Gasteiger partial charge in [-0.3, -0.25) is 14.4 Å². The van der Waals surface area contributed by atoms with E-state index in [1.807, 2.05) is 0 Å². The highest BCUT2D eigenvalue weighted by molar-refractivity contribution is 8.14. The van der Waals surface area contributed by atoms with Crippen molar-refractivity contribution in [3.8, 4) is 0 Å². The van der Waals surface area contributed by atoms with Crippen LogP contribution in [0.15, 0.2) is 0 Å². The number of rotatable bonds is 5. The Hall–Kier alpha value is -1.04. The Morgan fingerprint density at radius 1 is 1.43 bits per heavy atom. The minimum absolute atomic E-state index is 0.0806. The van der Waals surface area contributed by atoms with E-state index in [9.17, 15) is 14.4 Å². The maximum absolute atomic E-state index is 11.2. The third-order valence-corrected chi connectivity index (χ3v) is 2.50. The lowest BCUT2D eigenvalue weighted by molar-refractivity contribution is -0.137. The predicted octanol–water partition coefficient (Wildman–Crippen LogP) is 0.246. The number of thioether (sulfide) groups is 1. The fraction of sp³-hybridized carbons (Fsp3) is 0.625. The van der Waals surface area contributed by atoms with E-state index in [1.165, 1.54) is 0 Å². The molecule has 0 aliphatic carbocycles. The normalized spacial score (nSPS) is 11.9. The largest absolute Gasteiger partial charge is 0.480 e. The Morgan fingerprint density at radius 3 is 2.43 bits per heavy atom. The zero-order valence-corrected chi connectivity index (χ0v) is 8.89. The minimum Gasteiger partial charge on any atom is -0.480 e. The summed E-state index contributed by atoms with van der Waals surface area (Å²) in [6.45, 7) is 2.86. The molecule has 14 heavy (non-hydrogen) atoms. The van der Waals surface area contributed by atoms with E-state index in [0.29, 0.717) is 6.42 Å². The second-order valence-corrected chi connectivity index (χ2v) is 4.00. The maximum atomic E-state index is 11.2. The molecule has 0 aromatic carbocycles. The van der Waals surface area contributed by atoms with E-state index in [-0.39, 0.29) is 5.12 Å². The summed E-state index contributed by atoms with van der Waals surface area (Å²) in [4.78, 5) is 32.2. The van der Waals surface area contributed by atoms with Gasteiger partial charge in [-0.25, -0.2) is 0 Å². The highest BCUT2D eigenvalue weighted by atomic mass is 32.2. The number of amides is 1. The lowest BCUT2D eigenvalue weighted by Crippen LogP contribution is -2.35. The zero-order valence-electron chi connectivity index (χ0n) is 8.07. The molecule has 0 saturated heterocycles. The van der Waals surface area contributed by atoms with Crippen molar-refractivity contribution in [3.05, 3.63) is 0 Å². The quantitative estimate of drug-likeness (QED) is 0.692. The van der Waals surface area contributed by atoms with Gasteiger partial charge < -0.3 is 10.4 Å². The Bertz CT molecular complexity index is 241. The molecule has 0 bridgehead atoms. The van der Waals surface area contributed by atoms with E-state index < -0.39 is 23.7 Å². The molecule has 0 heterocycles. The van der Waals surface area contributed by atoms with Gasteiger partial charge in [0.25, 0.3) is 0 Å². The Balaban J connectivity index is 3.87. The number of hydrogen-bond acceptors (Lipinski definition) is 4. The van der Waals surface area contributed by atoms with Crippen molar-refractivity contribution in [2.24, 2.45) is 0 Å². The van der Waals surface area contributed by atoms with Crippen molar-refractivity contribution in [3.63, 3.8) is 0 Å². The fourth-order valence-electron chi connectivity index (χ4n) is 0.640. The molecule has 6 heteroatoms. The zero-order chi connectivity index (χ0) is 11.1. The molecular formula is C8H13NO4S. The first-order valence-electron chi connectivity index (χ1n) is 4.16. The Kier molecular flexibility index (Phi) is 5.94. The minimum atomic E-state index is -1.10. The van der Waals surface area contributed by atoms with Crippen LogP contribution in [0.4, 0.5) is 0 Å². The number of aliphatic carboxylic acids is 1. The first-order chi connectivity index (χ1) is 6.47. The van der Waals surface area contributed by atoms with E-state index in [0.717, 1.165) is 11.8 Å². The average molecular weight is 219 g/mol. The fourth-order valence-corrected chi connectivity index (χ4v) is 1.39. The second-order valence-electron chi connectivity index (χ2n) is 2.60. The van der Waals surface area contributed by atoms with Crippen molar-refractivity contribution in [1.82, 2.24) is 5.32 Å². The summed E-state index contributed by atoms with van der Waals surface area (Å²) in [5, 5.41) is 9.86. The van der Waals surface area contributed by atoms with E-state index in [4.69, 9.17) is 5.11 Å². The molecule has 5 nitrogen and oxygen atoms in total. The molecule has 0 rings (SSSR count). The first kappa shape index (κ1) is 13.0. The summed E-state index contributed by atoms with van der Waals surface area (Å²) >= 11 is 0.915. The number of carbonyl (C=O) groups is 3. The standard InChI is InChI=1S/C8H13NO4S/c1-3-7(12)14-5(2)8(13)9-4-6(10)11/h5H,3-4H2,1-2H3,(H,9,13)(H,10,11). The highest BCUT2D eigenvalue weighted by Gasteiger charge is 2.16. The van der Waals surface area contributed by atoms with Crippen LogP contribution < -0.4 is 5.32 Å². The van der Waals surface area contributed by atoms with Crippen LogP contribution in [0.3, 0.4) is 0 Å². The summed E-state index contributed by atoms with van der Waals surface area (Å²) in [6, 6.07) is 0. The van der Waals surface area contributed by atoms with Crippen molar-refractivity contribution in [2.75, 3.05) is 6.54 Å². The molecular weight excluding hydrogens is 206 g/mol. The lowest BCUT2D eigenvalue weighted by Gasteiger charge is -2.08. The van der Waals surface area contributed by atoms with Gasteiger partial charge in [-0.2, -0.15) is 0 Å². The highest BCUT2D eigenvalue weighted by Crippen LogP contribution is 2.13. The van der Waals surface area contributed by atoms with E-state index in [2.05, 4.69) is 5.32 Å². The Labute approximate surface area is 86.2 Å². The predicted molar refractivity (Wildman–Crippen MR) is 53.0 cm³/mol. The van der Waals surface area contributed by atoms with Crippen LogP contribution in [0.1, 0.15) is 20.3 Å². The van der Waals surface area contributed by atoms with Gasteiger partial charge in [0.05, 0.1) is 5.25 Å². The lowest BCUT2D eigenvalue weighted by atomic mass is 10.4. The van der Waals surface area contributed by atoms with Gasteiger partial charge in [-0.05, 0) is 6.92 Å². The van der Waals surface area contributed by atoms with Gasteiger partial charge in [0, 0.05) is 6.42 Å². The molecule has 0 aliphatic rings. The molecule has 0 radical (unpaired) electrons. The van der Waals surface area contributed by atoms with Crippen molar-refractivity contribution in [2.45, 2.75) is 25.5 Å². The molecule has 80 valence electrons. The molecule has 0 aromatic rings. The smallest absolute Gasteiger partial charge is 0.322 e. The van der Waals surface area contributed by atoms with Crippen LogP contribution in [-0.4, -0.2) is 33.9 Å². The van der Waals surface area contributed by atoms with Gasteiger partial charge in [0.15, 0.2) is 5.12 Å². The molecule has 2 N–H and O–H groups in total. The number of carboxylic acids is 1. The Morgan fingerprint density at radius 2 is 2.00 bits per heavy atom. The SMILES string of the molecule is CCC(=O)SC(C)C(=O)NCC(=O)O. The molecule has 1 amide bonds. The van der Waals surface area contributed by atoms with E-state index in [1.54, 1.807) is 13.8 Å². The van der Waals surface area contributed by atoms with Crippen LogP contribution in [0.5, 0.6) is 0 Å². The summed E-state index contributed by atoms with van der Waals surface area (Å²) in [6.07, 6.45) is 0.362. The number of hydrogen-bond donors (Lipinski definition) is 2. The van der Waals surface area contributed by atoms with E-state index >= 15 is 0 Å². The van der Waals surface area contributed by atoms with Crippen molar-refractivity contribution >= 4 is 28.8 Å². The van der Waals surface area contributed by atoms with Crippen LogP contribution >= 0.6 is 11.8 Å². The van der Waals surface area contributed by atoms with Crippen LogP contribution in [0.2, 0.25) is 0 Å². The van der Waals surface area contributed by atoms with Crippen LogP contribution in [0.25, 0.3) is 0 Å². The molecule has 0 spiro atoms. The topological polar surface area (TPSA) is 83.5 Å². The molecule has 1 unspecified atom stereocenters. The molecule has 0 aromatic heterocycles. The number of carbonyl (C=O) groups excluding carboxylic acids is 2. The number of nitrogens with one attached hydrogen (secondary N) is 1. The monoisotopic (exact) mass is 219 g/mol. The van der Waals surface area contributed by atoms with Gasteiger partial charge in [-0.1, -0.05) is 18.7 Å². The molecule has 0 saturated carbocycles. The summed E-state index contributed by atoms with van der Waals surface area (Å²) in [7, 11) is 0. The van der Waals surface area contributed by atoms with Crippen LogP contribution in [0, 0.1) is 0 Å². The molecule has 0 aliphatic heterocycles. The van der Waals surface area contributed by atoms with Crippen LogP contribution in [-0.2, 0) is 14.4 Å². The average Bonchev–Trinajstić information content (AvgIpc) is 2.13. The van der Waals surface area contributed by atoms with Crippen molar-refractivity contribution < 1.29 is 19.5 Å². The van der Waals surface area contributed by atoms with Gasteiger partial charge in [0.1, 0.15) is 6.54 Å². The third-order valence-electron chi connectivity index (χ3n) is 1.38. The summed E-state index contributed by atoms with van der Waals surface area (Å²) in [5.74, 6) is -1.53. The molecule has 0 fully saturated rings. The first-order valence-corrected chi connectivity index (χ1v) is 5.04. The third kappa shape index (κ3) is 5.58. The summed E-state index contributed by atoms with van der Waals surface area (Å²) in [5.41, 5.74) is 0.